The van der Waals surface area contributed by atoms with Crippen LogP contribution < -0.4 is 5.32 Å². The Kier molecular flexibility index (Phi) is 3.58. The molecule has 0 bridgehead atoms. The van der Waals surface area contributed by atoms with Crippen molar-refractivity contribution >= 4 is 28.5 Å². The predicted octanol–water partition coefficient (Wildman–Crippen LogP) is 1.23. The number of hydrogen-bond acceptors (Lipinski definition) is 5. The first kappa shape index (κ1) is 11.8. The monoisotopic (exact) mass is 255 g/mol. The summed E-state index contributed by atoms with van der Waals surface area (Å²) in [5.41, 5.74) is 0.883. The molecule has 7 heteroatoms. The van der Waals surface area contributed by atoms with Crippen molar-refractivity contribution in [2.24, 2.45) is 0 Å². The van der Waals surface area contributed by atoms with Gasteiger partial charge in [-0.3, -0.25) is 4.79 Å². The molecule has 1 fully saturated rings. The largest absolute Gasteiger partial charge is 0.448 e. The van der Waals surface area contributed by atoms with Crippen LogP contribution in [-0.4, -0.2) is 41.6 Å². The average molecular weight is 255 g/mol. The second-order valence-corrected chi connectivity index (χ2v) is 4.55. The Balaban J connectivity index is 1.76. The van der Waals surface area contributed by atoms with E-state index in [0.29, 0.717) is 24.8 Å². The van der Waals surface area contributed by atoms with Gasteiger partial charge in [0.2, 0.25) is 5.91 Å². The lowest BCUT2D eigenvalue weighted by Crippen LogP contribution is -2.28. The van der Waals surface area contributed by atoms with Crippen molar-refractivity contribution in [2.45, 2.75) is 13.3 Å². The van der Waals surface area contributed by atoms with Gasteiger partial charge in [0.15, 0.2) is 5.13 Å². The minimum absolute atomic E-state index is 0.140. The van der Waals surface area contributed by atoms with Crippen LogP contribution in [0.1, 0.15) is 12.1 Å². The van der Waals surface area contributed by atoms with Crippen LogP contribution in [0.25, 0.3) is 0 Å². The van der Waals surface area contributed by atoms with Crippen LogP contribution in [0.4, 0.5) is 9.93 Å². The lowest BCUT2D eigenvalue weighted by molar-refractivity contribution is -0.116. The van der Waals surface area contributed by atoms with Crippen LogP contribution in [0.3, 0.4) is 0 Å². The molecule has 1 aromatic rings. The maximum absolute atomic E-state index is 11.6. The first-order valence-electron chi connectivity index (χ1n) is 5.29. The van der Waals surface area contributed by atoms with Crippen LogP contribution in [0, 0.1) is 6.92 Å². The van der Waals surface area contributed by atoms with E-state index in [4.69, 9.17) is 4.74 Å². The van der Waals surface area contributed by atoms with Crippen molar-refractivity contribution < 1.29 is 14.3 Å². The molecule has 0 spiro atoms. The molecule has 0 saturated carbocycles. The number of nitrogens with one attached hydrogen (secondary N) is 1. The number of aromatic nitrogens is 1. The van der Waals surface area contributed by atoms with Crippen molar-refractivity contribution in [3.63, 3.8) is 0 Å². The Labute approximate surface area is 103 Å². The zero-order valence-corrected chi connectivity index (χ0v) is 10.2. The summed E-state index contributed by atoms with van der Waals surface area (Å²) in [5.74, 6) is -0.140. The molecule has 2 amide bonds. The number of amides is 2. The van der Waals surface area contributed by atoms with Gasteiger partial charge in [0.25, 0.3) is 0 Å². The van der Waals surface area contributed by atoms with E-state index < -0.39 is 0 Å². The van der Waals surface area contributed by atoms with Gasteiger partial charge in [-0.1, -0.05) is 0 Å². The lowest BCUT2D eigenvalue weighted by atomic mass is 10.4. The second-order valence-electron chi connectivity index (χ2n) is 3.69. The minimum atomic E-state index is -0.345. The summed E-state index contributed by atoms with van der Waals surface area (Å²) in [7, 11) is 0. The fourth-order valence-corrected chi connectivity index (χ4v) is 2.16. The summed E-state index contributed by atoms with van der Waals surface area (Å²) in [6.07, 6.45) is -0.0869. The number of hydrogen-bond donors (Lipinski definition) is 1. The number of ether oxygens (including phenoxy) is 1. The van der Waals surface area contributed by atoms with E-state index >= 15 is 0 Å². The molecular weight excluding hydrogens is 242 g/mol. The highest BCUT2D eigenvalue weighted by atomic mass is 32.1. The Hall–Kier alpha value is -1.63. The van der Waals surface area contributed by atoms with E-state index in [1.165, 1.54) is 16.2 Å². The third kappa shape index (κ3) is 3.16. The molecule has 17 heavy (non-hydrogen) atoms. The van der Waals surface area contributed by atoms with Gasteiger partial charge in [-0.15, -0.1) is 11.3 Å². The number of rotatable bonds is 4. The molecule has 2 rings (SSSR count). The maximum Gasteiger partial charge on any atom is 0.409 e. The third-order valence-corrected chi connectivity index (χ3v) is 3.19. The Bertz CT molecular complexity index is 432. The van der Waals surface area contributed by atoms with Crippen LogP contribution in [-0.2, 0) is 9.53 Å². The fourth-order valence-electron chi connectivity index (χ4n) is 1.46. The van der Waals surface area contributed by atoms with Gasteiger partial charge >= 0.3 is 6.09 Å². The summed E-state index contributed by atoms with van der Waals surface area (Å²) >= 11 is 1.39. The number of carbonyl (C=O) groups excluding carboxylic acids is 2. The van der Waals surface area contributed by atoms with E-state index in [1.54, 1.807) is 0 Å². The highest BCUT2D eigenvalue weighted by Gasteiger charge is 2.22. The van der Waals surface area contributed by atoms with E-state index in [1.807, 2.05) is 12.3 Å². The molecular formula is C10H13N3O3S. The standard InChI is InChI=1S/C10H13N3O3S/c1-7-6-17-9(11-7)12-8(14)2-3-13-4-5-16-10(13)15/h6H,2-5H2,1H3,(H,11,12,14). The smallest absolute Gasteiger partial charge is 0.409 e. The maximum atomic E-state index is 11.6. The Morgan fingerprint density at radius 3 is 3.12 bits per heavy atom. The summed E-state index contributed by atoms with van der Waals surface area (Å²) in [5, 5.41) is 5.15. The van der Waals surface area contributed by atoms with Crippen molar-refractivity contribution in [3.05, 3.63) is 11.1 Å². The Morgan fingerprint density at radius 1 is 1.71 bits per heavy atom. The van der Waals surface area contributed by atoms with Gasteiger partial charge in [0, 0.05) is 18.3 Å². The Morgan fingerprint density at radius 2 is 2.53 bits per heavy atom. The first-order valence-corrected chi connectivity index (χ1v) is 6.17. The van der Waals surface area contributed by atoms with Gasteiger partial charge in [-0.05, 0) is 6.92 Å². The number of carbonyl (C=O) groups is 2. The molecule has 1 aliphatic rings. The molecule has 0 radical (unpaired) electrons. The summed E-state index contributed by atoms with van der Waals surface area (Å²) < 4.78 is 4.76. The van der Waals surface area contributed by atoms with Gasteiger partial charge in [-0.2, -0.15) is 0 Å². The molecule has 0 aliphatic carbocycles. The molecule has 0 atom stereocenters. The number of thiazole rings is 1. The average Bonchev–Trinajstić information content (AvgIpc) is 2.85. The zero-order valence-electron chi connectivity index (χ0n) is 9.43. The molecule has 1 aromatic heterocycles. The van der Waals surface area contributed by atoms with Crippen molar-refractivity contribution in [3.8, 4) is 0 Å². The molecule has 0 aromatic carbocycles. The zero-order chi connectivity index (χ0) is 12.3. The van der Waals surface area contributed by atoms with Gasteiger partial charge in [-0.25, -0.2) is 9.78 Å². The number of aryl methyl sites for hydroxylation is 1. The van der Waals surface area contributed by atoms with Crippen LogP contribution in [0.15, 0.2) is 5.38 Å². The van der Waals surface area contributed by atoms with Gasteiger partial charge in [0.1, 0.15) is 6.61 Å². The predicted molar refractivity (Wildman–Crippen MR) is 63.0 cm³/mol. The molecule has 1 aliphatic heterocycles. The normalized spacial score (nSPS) is 14.9. The van der Waals surface area contributed by atoms with E-state index in [0.717, 1.165) is 5.69 Å². The summed E-state index contributed by atoms with van der Waals surface area (Å²) in [6.45, 7) is 3.22. The summed E-state index contributed by atoms with van der Waals surface area (Å²) in [4.78, 5) is 28.3. The fraction of sp³-hybridized carbons (Fsp3) is 0.500. The van der Waals surface area contributed by atoms with E-state index in [9.17, 15) is 9.59 Å². The molecule has 92 valence electrons. The summed E-state index contributed by atoms with van der Waals surface area (Å²) in [6, 6.07) is 0. The van der Waals surface area contributed by atoms with E-state index in [2.05, 4.69) is 10.3 Å². The highest BCUT2D eigenvalue weighted by molar-refractivity contribution is 7.13. The molecule has 2 heterocycles. The number of cyclic esters (lactones) is 1. The van der Waals surface area contributed by atoms with Gasteiger partial charge < -0.3 is 15.0 Å². The van der Waals surface area contributed by atoms with Crippen molar-refractivity contribution in [2.75, 3.05) is 25.0 Å². The van der Waals surface area contributed by atoms with Gasteiger partial charge in [0.05, 0.1) is 12.2 Å². The van der Waals surface area contributed by atoms with Crippen molar-refractivity contribution in [1.82, 2.24) is 9.88 Å². The van der Waals surface area contributed by atoms with Crippen LogP contribution >= 0.6 is 11.3 Å². The molecule has 1 N–H and O–H groups in total. The van der Waals surface area contributed by atoms with Crippen molar-refractivity contribution in [1.29, 1.82) is 0 Å². The van der Waals surface area contributed by atoms with E-state index in [-0.39, 0.29) is 18.4 Å². The quantitative estimate of drug-likeness (QED) is 0.878. The first-order chi connectivity index (χ1) is 8.15. The molecule has 0 unspecified atom stereocenters. The number of anilines is 1. The topological polar surface area (TPSA) is 71.5 Å². The molecule has 1 saturated heterocycles. The minimum Gasteiger partial charge on any atom is -0.448 e. The molecule has 6 nitrogen and oxygen atoms in total. The highest BCUT2D eigenvalue weighted by Crippen LogP contribution is 2.14. The number of nitrogens with zero attached hydrogens (tertiary/aromatic N) is 2. The van der Waals surface area contributed by atoms with Crippen LogP contribution in [0.2, 0.25) is 0 Å². The SMILES string of the molecule is Cc1csc(NC(=O)CCN2CCOC2=O)n1. The van der Waals surface area contributed by atoms with Crippen LogP contribution in [0.5, 0.6) is 0 Å². The lowest BCUT2D eigenvalue weighted by Gasteiger charge is -2.11. The third-order valence-electron chi connectivity index (χ3n) is 2.32. The second kappa shape index (κ2) is 5.13.